The molecule has 2 aromatic carbocycles. The molecule has 120 valence electrons. The van der Waals surface area contributed by atoms with Gasteiger partial charge in [0.15, 0.2) is 5.13 Å². The van der Waals surface area contributed by atoms with Crippen LogP contribution >= 0.6 is 11.3 Å². The molecule has 0 bridgehead atoms. The Kier molecular flexibility index (Phi) is 3.72. The molecule has 23 heavy (non-hydrogen) atoms. The van der Waals surface area contributed by atoms with Gasteiger partial charge in [-0.05, 0) is 54.5 Å². The van der Waals surface area contributed by atoms with Crippen molar-refractivity contribution in [2.24, 2.45) is 0 Å². The number of aryl methyl sites for hydroxylation is 3. The highest BCUT2D eigenvalue weighted by Crippen LogP contribution is 2.42. The van der Waals surface area contributed by atoms with Gasteiger partial charge in [-0.25, -0.2) is 4.98 Å². The Morgan fingerprint density at radius 1 is 0.957 bits per heavy atom. The lowest BCUT2D eigenvalue weighted by atomic mass is 9.79. The molecule has 3 aromatic rings. The van der Waals surface area contributed by atoms with Gasteiger partial charge in [-0.2, -0.15) is 0 Å². The van der Waals surface area contributed by atoms with Gasteiger partial charge in [-0.3, -0.25) is 0 Å². The van der Waals surface area contributed by atoms with Crippen LogP contribution in [0.1, 0.15) is 43.0 Å². The number of nitrogens with two attached hydrogens (primary N) is 1. The molecule has 3 heteroatoms. The average Bonchev–Trinajstić information content (AvgIpc) is 2.76. The largest absolute Gasteiger partial charge is 0.375 e. The molecule has 0 aliphatic carbocycles. The topological polar surface area (TPSA) is 38.9 Å². The van der Waals surface area contributed by atoms with Crippen molar-refractivity contribution in [3.63, 3.8) is 0 Å². The zero-order valence-corrected chi connectivity index (χ0v) is 15.6. The van der Waals surface area contributed by atoms with E-state index < -0.39 is 0 Å². The van der Waals surface area contributed by atoms with E-state index in [1.54, 1.807) is 11.3 Å². The standard InChI is InChI=1S/C20H24N2S/c1-11-9-12(2)16(13(3)10-11)17-14(20(4,5)6)7-8-15-18(17)22-19(21)23-15/h7-10H,1-6H3,(H2,21,22). The molecule has 0 aliphatic rings. The van der Waals surface area contributed by atoms with Crippen LogP contribution in [0.25, 0.3) is 21.3 Å². The van der Waals surface area contributed by atoms with Crippen molar-refractivity contribution < 1.29 is 0 Å². The van der Waals surface area contributed by atoms with Gasteiger partial charge in [0.1, 0.15) is 0 Å². The molecule has 1 aromatic heterocycles. The number of thiazole rings is 1. The fraction of sp³-hybridized carbons (Fsp3) is 0.350. The average molecular weight is 324 g/mol. The molecule has 0 atom stereocenters. The smallest absolute Gasteiger partial charge is 0.181 e. The van der Waals surface area contributed by atoms with Crippen LogP contribution in [0.15, 0.2) is 24.3 Å². The minimum atomic E-state index is 0.0473. The highest BCUT2D eigenvalue weighted by Gasteiger charge is 2.24. The van der Waals surface area contributed by atoms with Crippen LogP contribution in [0.5, 0.6) is 0 Å². The third-order valence-electron chi connectivity index (χ3n) is 4.31. The zero-order chi connectivity index (χ0) is 16.9. The predicted octanol–water partition coefficient (Wildman–Crippen LogP) is 5.77. The molecule has 1 heterocycles. The molecule has 0 fully saturated rings. The summed E-state index contributed by atoms with van der Waals surface area (Å²) in [5, 5.41) is 0.634. The molecular formula is C20H24N2S. The fourth-order valence-corrected chi connectivity index (χ4v) is 4.21. The van der Waals surface area contributed by atoms with Gasteiger partial charge >= 0.3 is 0 Å². The van der Waals surface area contributed by atoms with E-state index in [4.69, 9.17) is 5.73 Å². The SMILES string of the molecule is Cc1cc(C)c(-c2c(C(C)(C)C)ccc3sc(N)nc23)c(C)c1. The van der Waals surface area contributed by atoms with E-state index in [9.17, 15) is 0 Å². The molecule has 3 rings (SSSR count). The fourth-order valence-electron chi connectivity index (χ4n) is 3.46. The quantitative estimate of drug-likeness (QED) is 0.617. The van der Waals surface area contributed by atoms with E-state index in [-0.39, 0.29) is 5.41 Å². The Morgan fingerprint density at radius 2 is 1.57 bits per heavy atom. The number of rotatable bonds is 1. The summed E-state index contributed by atoms with van der Waals surface area (Å²) in [6, 6.07) is 8.91. The lowest BCUT2D eigenvalue weighted by Crippen LogP contribution is -2.13. The van der Waals surface area contributed by atoms with Crippen LogP contribution in [0, 0.1) is 20.8 Å². The maximum Gasteiger partial charge on any atom is 0.181 e. The van der Waals surface area contributed by atoms with Crippen LogP contribution < -0.4 is 5.73 Å². The van der Waals surface area contributed by atoms with Crippen molar-refractivity contribution in [1.82, 2.24) is 4.98 Å². The first-order valence-corrected chi connectivity index (χ1v) is 8.78. The highest BCUT2D eigenvalue weighted by molar-refractivity contribution is 7.22. The lowest BCUT2D eigenvalue weighted by Gasteiger charge is -2.25. The number of hydrogen-bond acceptors (Lipinski definition) is 3. The minimum absolute atomic E-state index is 0.0473. The third kappa shape index (κ3) is 2.74. The molecule has 0 spiro atoms. The molecule has 0 amide bonds. The van der Waals surface area contributed by atoms with Crippen molar-refractivity contribution in [2.75, 3.05) is 5.73 Å². The summed E-state index contributed by atoms with van der Waals surface area (Å²) in [7, 11) is 0. The maximum atomic E-state index is 6.00. The number of nitrogens with zero attached hydrogens (tertiary/aromatic N) is 1. The summed E-state index contributed by atoms with van der Waals surface area (Å²) in [6.07, 6.45) is 0. The monoisotopic (exact) mass is 324 g/mol. The Labute approximate surface area is 142 Å². The van der Waals surface area contributed by atoms with E-state index >= 15 is 0 Å². The molecule has 2 N–H and O–H groups in total. The van der Waals surface area contributed by atoms with Gasteiger partial charge in [0, 0.05) is 5.56 Å². The number of hydrogen-bond donors (Lipinski definition) is 1. The molecule has 2 nitrogen and oxygen atoms in total. The number of fused-ring (bicyclic) bond motifs is 1. The normalized spacial score (nSPS) is 12.1. The summed E-state index contributed by atoms with van der Waals surface area (Å²) in [5.74, 6) is 0. The summed E-state index contributed by atoms with van der Waals surface area (Å²) in [4.78, 5) is 4.66. The van der Waals surface area contributed by atoms with Gasteiger partial charge in [-0.15, -0.1) is 0 Å². The summed E-state index contributed by atoms with van der Waals surface area (Å²) < 4.78 is 1.16. The first-order chi connectivity index (χ1) is 10.7. The van der Waals surface area contributed by atoms with Crippen molar-refractivity contribution in [2.45, 2.75) is 47.0 Å². The first-order valence-electron chi connectivity index (χ1n) is 7.96. The van der Waals surface area contributed by atoms with E-state index in [2.05, 4.69) is 70.8 Å². The van der Waals surface area contributed by atoms with Gasteiger partial charge in [0.05, 0.1) is 10.2 Å². The third-order valence-corrected chi connectivity index (χ3v) is 5.16. The van der Waals surface area contributed by atoms with Gasteiger partial charge in [0.25, 0.3) is 0 Å². The second-order valence-corrected chi connectivity index (χ2v) is 8.47. The minimum Gasteiger partial charge on any atom is -0.375 e. The molecule has 0 unspecified atom stereocenters. The van der Waals surface area contributed by atoms with E-state index in [1.807, 2.05) is 0 Å². The van der Waals surface area contributed by atoms with Gasteiger partial charge in [-0.1, -0.05) is 55.9 Å². The summed E-state index contributed by atoms with van der Waals surface area (Å²) >= 11 is 1.56. The number of benzene rings is 2. The Hall–Kier alpha value is -1.87. The molecule has 0 radical (unpaired) electrons. The van der Waals surface area contributed by atoms with E-state index in [0.717, 1.165) is 10.2 Å². The predicted molar refractivity (Wildman–Crippen MR) is 102 cm³/mol. The first kappa shape index (κ1) is 16.0. The van der Waals surface area contributed by atoms with Gasteiger partial charge in [0.2, 0.25) is 0 Å². The zero-order valence-electron chi connectivity index (χ0n) is 14.7. The van der Waals surface area contributed by atoms with Crippen molar-refractivity contribution in [3.05, 3.63) is 46.5 Å². The number of nitrogen functional groups attached to an aromatic ring is 1. The lowest BCUT2D eigenvalue weighted by molar-refractivity contribution is 0.592. The Morgan fingerprint density at radius 3 is 2.13 bits per heavy atom. The van der Waals surface area contributed by atoms with Crippen molar-refractivity contribution in [1.29, 1.82) is 0 Å². The highest BCUT2D eigenvalue weighted by atomic mass is 32.1. The summed E-state index contributed by atoms with van der Waals surface area (Å²) in [5.41, 5.74) is 14.9. The van der Waals surface area contributed by atoms with E-state index in [1.165, 1.54) is 33.4 Å². The van der Waals surface area contributed by atoms with Crippen LogP contribution in [-0.2, 0) is 5.41 Å². The maximum absolute atomic E-state index is 6.00. The van der Waals surface area contributed by atoms with Crippen LogP contribution in [0.3, 0.4) is 0 Å². The van der Waals surface area contributed by atoms with E-state index in [0.29, 0.717) is 5.13 Å². The second-order valence-electron chi connectivity index (χ2n) is 7.41. The van der Waals surface area contributed by atoms with Crippen LogP contribution in [-0.4, -0.2) is 4.98 Å². The second kappa shape index (κ2) is 5.34. The molecule has 0 saturated heterocycles. The van der Waals surface area contributed by atoms with Gasteiger partial charge < -0.3 is 5.73 Å². The number of anilines is 1. The Bertz CT molecular complexity index is 875. The molecule has 0 saturated carbocycles. The van der Waals surface area contributed by atoms with Crippen molar-refractivity contribution >= 4 is 26.7 Å². The molecular weight excluding hydrogens is 300 g/mol. The Balaban J connectivity index is 2.48. The summed E-state index contributed by atoms with van der Waals surface area (Å²) in [6.45, 7) is 13.3. The number of aromatic nitrogens is 1. The van der Waals surface area contributed by atoms with Crippen molar-refractivity contribution in [3.8, 4) is 11.1 Å². The van der Waals surface area contributed by atoms with Crippen LogP contribution in [0.2, 0.25) is 0 Å². The van der Waals surface area contributed by atoms with Crippen LogP contribution in [0.4, 0.5) is 5.13 Å². The molecule has 0 aliphatic heterocycles.